The number of thiophene rings is 1. The van der Waals surface area contributed by atoms with Gasteiger partial charge in [0.05, 0.1) is 9.16 Å². The summed E-state index contributed by atoms with van der Waals surface area (Å²) in [7, 11) is 0. The summed E-state index contributed by atoms with van der Waals surface area (Å²) in [6.45, 7) is -0.855. The van der Waals surface area contributed by atoms with Gasteiger partial charge in [0.1, 0.15) is 5.75 Å². The van der Waals surface area contributed by atoms with E-state index in [1.807, 2.05) is 13.0 Å². The molecule has 0 saturated carbocycles. The lowest BCUT2D eigenvalue weighted by molar-refractivity contribution is -0.0498. The summed E-state index contributed by atoms with van der Waals surface area (Å²) in [5, 5.41) is -0.378. The van der Waals surface area contributed by atoms with Crippen molar-refractivity contribution >= 4 is 38.9 Å². The second kappa shape index (κ2) is 6.20. The molecule has 0 amide bonds. The van der Waals surface area contributed by atoms with Gasteiger partial charge in [-0.3, -0.25) is 0 Å². The normalized spacial score (nSPS) is 12.7. The van der Waals surface area contributed by atoms with E-state index in [0.29, 0.717) is 0 Å². The van der Waals surface area contributed by atoms with Gasteiger partial charge < -0.3 is 4.74 Å². The number of rotatable bonds is 4. The van der Waals surface area contributed by atoms with E-state index < -0.39 is 6.61 Å². The summed E-state index contributed by atoms with van der Waals surface area (Å²) in [5.41, 5.74) is 1.83. The second-order valence-electron chi connectivity index (χ2n) is 3.92. The summed E-state index contributed by atoms with van der Waals surface area (Å²) in [4.78, 5) is 0.959. The van der Waals surface area contributed by atoms with Crippen molar-refractivity contribution in [1.29, 1.82) is 0 Å². The summed E-state index contributed by atoms with van der Waals surface area (Å²) in [6.07, 6.45) is 0. The molecule has 0 aliphatic carbocycles. The number of hydrogen-bond donors (Lipinski definition) is 0. The van der Waals surface area contributed by atoms with Crippen molar-refractivity contribution in [2.45, 2.75) is 18.9 Å². The molecule has 1 heterocycles. The third-order valence-corrected chi connectivity index (χ3v) is 5.32. The van der Waals surface area contributed by atoms with Crippen LogP contribution in [0, 0.1) is 6.92 Å². The number of hydrogen-bond acceptors (Lipinski definition) is 2. The quantitative estimate of drug-likeness (QED) is 0.625. The van der Waals surface area contributed by atoms with Gasteiger partial charge in [-0.25, -0.2) is 0 Å². The molecular weight excluding hydrogens is 358 g/mol. The topological polar surface area (TPSA) is 9.23 Å². The second-order valence-corrected chi connectivity index (χ2v) is 6.76. The van der Waals surface area contributed by atoms with Crippen molar-refractivity contribution in [2.24, 2.45) is 0 Å². The van der Waals surface area contributed by atoms with Crippen LogP contribution in [-0.2, 0) is 0 Å². The van der Waals surface area contributed by atoms with Gasteiger partial charge in [-0.2, -0.15) is 8.78 Å². The van der Waals surface area contributed by atoms with Gasteiger partial charge >= 0.3 is 6.61 Å². The van der Waals surface area contributed by atoms with Gasteiger partial charge in [-0.15, -0.1) is 22.9 Å². The Morgan fingerprint density at radius 3 is 2.63 bits per heavy atom. The van der Waals surface area contributed by atoms with Crippen LogP contribution in [0.25, 0.3) is 0 Å². The highest BCUT2D eigenvalue weighted by molar-refractivity contribution is 9.11. The van der Waals surface area contributed by atoms with Gasteiger partial charge in [-0.05, 0) is 52.2 Å². The van der Waals surface area contributed by atoms with Crippen molar-refractivity contribution in [3.63, 3.8) is 0 Å². The van der Waals surface area contributed by atoms with E-state index in [-0.39, 0.29) is 11.1 Å². The Hall–Kier alpha value is -0.650. The zero-order chi connectivity index (χ0) is 14.0. The van der Waals surface area contributed by atoms with Gasteiger partial charge in [0.15, 0.2) is 0 Å². The van der Waals surface area contributed by atoms with Crippen molar-refractivity contribution in [1.82, 2.24) is 0 Å². The van der Waals surface area contributed by atoms with E-state index >= 15 is 0 Å². The zero-order valence-corrected chi connectivity index (χ0v) is 13.0. The monoisotopic (exact) mass is 366 g/mol. The lowest BCUT2D eigenvalue weighted by Crippen LogP contribution is -2.02. The number of benzene rings is 1. The Balaban J connectivity index is 2.25. The fourth-order valence-corrected chi connectivity index (χ4v) is 3.53. The molecule has 1 nitrogen and oxygen atoms in total. The number of halogens is 4. The first-order valence-electron chi connectivity index (χ1n) is 5.42. The Kier molecular flexibility index (Phi) is 4.81. The van der Waals surface area contributed by atoms with Crippen molar-refractivity contribution in [3.8, 4) is 5.75 Å². The molecule has 0 fully saturated rings. The van der Waals surface area contributed by atoms with E-state index in [4.69, 9.17) is 11.6 Å². The average Bonchev–Trinajstić information content (AvgIpc) is 2.68. The van der Waals surface area contributed by atoms with Crippen LogP contribution in [0.15, 0.2) is 34.1 Å². The molecule has 0 N–H and O–H groups in total. The van der Waals surface area contributed by atoms with Crippen LogP contribution in [0.1, 0.15) is 21.4 Å². The van der Waals surface area contributed by atoms with E-state index in [2.05, 4.69) is 20.7 Å². The molecule has 0 bridgehead atoms. The fourth-order valence-electron chi connectivity index (χ4n) is 1.62. The summed E-state index contributed by atoms with van der Waals surface area (Å²) in [6, 6.07) is 8.44. The van der Waals surface area contributed by atoms with E-state index in [0.717, 1.165) is 19.8 Å². The Bertz CT molecular complexity index is 554. The number of aryl methyl sites for hydroxylation is 1. The van der Waals surface area contributed by atoms with Crippen LogP contribution >= 0.6 is 38.9 Å². The van der Waals surface area contributed by atoms with Crippen molar-refractivity contribution in [3.05, 3.63) is 50.1 Å². The Morgan fingerprint density at radius 1 is 1.32 bits per heavy atom. The molecule has 0 aliphatic rings. The maximum absolute atomic E-state index is 12.2. The number of alkyl halides is 3. The molecule has 1 aromatic heterocycles. The van der Waals surface area contributed by atoms with E-state index in [1.165, 1.54) is 23.5 Å². The average molecular weight is 368 g/mol. The maximum Gasteiger partial charge on any atom is 0.387 e. The highest BCUT2D eigenvalue weighted by Crippen LogP contribution is 2.38. The van der Waals surface area contributed by atoms with E-state index in [1.54, 1.807) is 12.1 Å². The molecule has 0 radical (unpaired) electrons. The van der Waals surface area contributed by atoms with Crippen LogP contribution in [-0.4, -0.2) is 6.61 Å². The van der Waals surface area contributed by atoms with Crippen molar-refractivity contribution < 1.29 is 13.5 Å². The molecular formula is C13H10BrClF2OS. The highest BCUT2D eigenvalue weighted by atomic mass is 79.9. The first kappa shape index (κ1) is 14.8. The molecule has 2 rings (SSSR count). The van der Waals surface area contributed by atoms with Crippen molar-refractivity contribution in [2.75, 3.05) is 0 Å². The van der Waals surface area contributed by atoms with E-state index in [9.17, 15) is 8.78 Å². The Labute approximate surface area is 127 Å². The Morgan fingerprint density at radius 2 is 2.05 bits per heavy atom. The SMILES string of the molecule is Cc1cc(C(Cl)c2cccc(OC(F)F)c2)sc1Br. The summed E-state index contributed by atoms with van der Waals surface area (Å²) in [5.74, 6) is 0.116. The maximum atomic E-state index is 12.2. The standard InChI is InChI=1S/C13H10BrClF2OS/c1-7-5-10(19-12(7)14)11(15)8-3-2-4-9(6-8)18-13(16)17/h2-6,11,13H,1H3. The van der Waals surface area contributed by atoms with Crippen LogP contribution in [0.5, 0.6) is 5.75 Å². The largest absolute Gasteiger partial charge is 0.435 e. The van der Waals surface area contributed by atoms with Gasteiger partial charge in [0.25, 0.3) is 0 Å². The fraction of sp³-hybridized carbons (Fsp3) is 0.231. The molecule has 1 aromatic carbocycles. The predicted molar refractivity (Wildman–Crippen MR) is 77.5 cm³/mol. The molecule has 19 heavy (non-hydrogen) atoms. The minimum absolute atomic E-state index is 0.116. The third kappa shape index (κ3) is 3.68. The molecule has 6 heteroatoms. The molecule has 1 atom stereocenters. The summed E-state index contributed by atoms with van der Waals surface area (Å²) < 4.78 is 29.7. The molecule has 1 unspecified atom stereocenters. The minimum atomic E-state index is -2.83. The van der Waals surface area contributed by atoms with Crippen LogP contribution < -0.4 is 4.74 Å². The van der Waals surface area contributed by atoms with Gasteiger partial charge in [-0.1, -0.05) is 12.1 Å². The minimum Gasteiger partial charge on any atom is -0.435 e. The van der Waals surface area contributed by atoms with Crippen LogP contribution in [0.3, 0.4) is 0 Å². The third-order valence-electron chi connectivity index (χ3n) is 2.50. The molecule has 0 aliphatic heterocycles. The zero-order valence-electron chi connectivity index (χ0n) is 9.87. The first-order chi connectivity index (χ1) is 8.97. The number of ether oxygens (including phenoxy) is 1. The predicted octanol–water partition coefficient (Wildman–Crippen LogP) is 5.75. The first-order valence-corrected chi connectivity index (χ1v) is 7.46. The smallest absolute Gasteiger partial charge is 0.387 e. The molecule has 2 aromatic rings. The van der Waals surface area contributed by atoms with Crippen LogP contribution in [0.2, 0.25) is 0 Å². The summed E-state index contributed by atoms with van der Waals surface area (Å²) >= 11 is 11.3. The van der Waals surface area contributed by atoms with Crippen LogP contribution in [0.4, 0.5) is 8.78 Å². The lowest BCUT2D eigenvalue weighted by Gasteiger charge is -2.10. The lowest BCUT2D eigenvalue weighted by atomic mass is 10.1. The highest BCUT2D eigenvalue weighted by Gasteiger charge is 2.16. The molecule has 0 spiro atoms. The van der Waals surface area contributed by atoms with Gasteiger partial charge in [0.2, 0.25) is 0 Å². The molecule has 102 valence electrons. The van der Waals surface area contributed by atoms with Gasteiger partial charge in [0, 0.05) is 4.88 Å². The molecule has 0 saturated heterocycles.